The van der Waals surface area contributed by atoms with Crippen molar-refractivity contribution < 1.29 is 19.1 Å². The van der Waals surface area contributed by atoms with Gasteiger partial charge in [-0.15, -0.1) is 0 Å². The SMILES string of the molecule is CC(C)NC(=O)C1COCCN1C(=O)C(N)CC(N)=O. The first-order valence-electron chi connectivity index (χ1n) is 6.55. The number of amides is 3. The summed E-state index contributed by atoms with van der Waals surface area (Å²) < 4.78 is 5.24. The molecule has 0 aromatic rings. The molecule has 2 unspecified atom stereocenters. The smallest absolute Gasteiger partial charge is 0.245 e. The Bertz CT molecular complexity index is 386. The van der Waals surface area contributed by atoms with Crippen LogP contribution in [0.15, 0.2) is 0 Å². The molecule has 0 aliphatic carbocycles. The van der Waals surface area contributed by atoms with Gasteiger partial charge in [-0.1, -0.05) is 0 Å². The lowest BCUT2D eigenvalue weighted by atomic mass is 10.1. The molecule has 5 N–H and O–H groups in total. The van der Waals surface area contributed by atoms with E-state index in [1.54, 1.807) is 0 Å². The minimum absolute atomic E-state index is 0.0410. The predicted molar refractivity (Wildman–Crippen MR) is 71.4 cm³/mol. The summed E-state index contributed by atoms with van der Waals surface area (Å²) in [7, 11) is 0. The van der Waals surface area contributed by atoms with Crippen molar-refractivity contribution in [3.63, 3.8) is 0 Å². The van der Waals surface area contributed by atoms with Crippen molar-refractivity contribution in [3.8, 4) is 0 Å². The van der Waals surface area contributed by atoms with Gasteiger partial charge < -0.3 is 26.4 Å². The van der Waals surface area contributed by atoms with Crippen molar-refractivity contribution in [2.75, 3.05) is 19.8 Å². The second-order valence-corrected chi connectivity index (χ2v) is 5.06. The van der Waals surface area contributed by atoms with Crippen LogP contribution in [0.5, 0.6) is 0 Å². The maximum atomic E-state index is 12.2. The fraction of sp³-hybridized carbons (Fsp3) is 0.750. The van der Waals surface area contributed by atoms with Crippen LogP contribution in [0.2, 0.25) is 0 Å². The van der Waals surface area contributed by atoms with Crippen molar-refractivity contribution in [1.29, 1.82) is 0 Å². The van der Waals surface area contributed by atoms with Gasteiger partial charge in [0.15, 0.2) is 0 Å². The Morgan fingerprint density at radius 2 is 2.05 bits per heavy atom. The van der Waals surface area contributed by atoms with Gasteiger partial charge in [0.25, 0.3) is 0 Å². The first-order valence-corrected chi connectivity index (χ1v) is 6.55. The van der Waals surface area contributed by atoms with Gasteiger partial charge in [0.05, 0.1) is 25.7 Å². The first kappa shape index (κ1) is 16.4. The van der Waals surface area contributed by atoms with Gasteiger partial charge in [0.2, 0.25) is 17.7 Å². The molecule has 20 heavy (non-hydrogen) atoms. The van der Waals surface area contributed by atoms with Gasteiger partial charge in [-0.2, -0.15) is 0 Å². The number of nitrogens with zero attached hydrogens (tertiary/aromatic N) is 1. The number of rotatable bonds is 5. The van der Waals surface area contributed by atoms with Crippen molar-refractivity contribution in [3.05, 3.63) is 0 Å². The van der Waals surface area contributed by atoms with Crippen molar-refractivity contribution in [2.45, 2.75) is 38.4 Å². The zero-order valence-electron chi connectivity index (χ0n) is 11.8. The van der Waals surface area contributed by atoms with Crippen molar-refractivity contribution >= 4 is 17.7 Å². The van der Waals surface area contributed by atoms with E-state index in [1.165, 1.54) is 4.90 Å². The van der Waals surface area contributed by atoms with Crippen molar-refractivity contribution in [1.82, 2.24) is 10.2 Å². The number of ether oxygens (including phenoxy) is 1. The molecule has 1 saturated heterocycles. The number of nitrogens with two attached hydrogens (primary N) is 2. The van der Waals surface area contributed by atoms with Crippen LogP contribution in [0, 0.1) is 0 Å². The van der Waals surface area contributed by atoms with Gasteiger partial charge in [-0.05, 0) is 13.8 Å². The number of nitrogens with one attached hydrogen (secondary N) is 1. The molecular formula is C12H22N4O4. The molecule has 1 aliphatic rings. The molecule has 1 rings (SSSR count). The summed E-state index contributed by atoms with van der Waals surface area (Å²) in [4.78, 5) is 36.4. The number of carbonyl (C=O) groups excluding carboxylic acids is 3. The Kier molecular flexibility index (Phi) is 5.90. The van der Waals surface area contributed by atoms with E-state index in [1.807, 2.05) is 13.8 Å². The number of carbonyl (C=O) groups is 3. The lowest BCUT2D eigenvalue weighted by Crippen LogP contribution is -2.60. The number of primary amides is 1. The van der Waals surface area contributed by atoms with E-state index in [0.29, 0.717) is 6.61 Å². The molecule has 0 bridgehead atoms. The average molecular weight is 286 g/mol. The highest BCUT2D eigenvalue weighted by molar-refractivity contribution is 5.92. The molecule has 1 heterocycles. The molecule has 8 nitrogen and oxygen atoms in total. The predicted octanol–water partition coefficient (Wildman–Crippen LogP) is -2.06. The summed E-state index contributed by atoms with van der Waals surface area (Å²) in [5, 5.41) is 2.73. The van der Waals surface area contributed by atoms with Gasteiger partial charge in [-0.25, -0.2) is 0 Å². The maximum absolute atomic E-state index is 12.2. The molecular weight excluding hydrogens is 264 g/mol. The third-order valence-electron chi connectivity index (χ3n) is 2.88. The van der Waals surface area contributed by atoms with E-state index in [9.17, 15) is 14.4 Å². The molecule has 2 atom stereocenters. The van der Waals surface area contributed by atoms with Crippen LogP contribution < -0.4 is 16.8 Å². The van der Waals surface area contributed by atoms with E-state index in [2.05, 4.69) is 5.32 Å². The largest absolute Gasteiger partial charge is 0.377 e. The average Bonchev–Trinajstić information content (AvgIpc) is 2.36. The minimum atomic E-state index is -1.03. The van der Waals surface area contributed by atoms with Crippen LogP contribution in [-0.2, 0) is 19.1 Å². The highest BCUT2D eigenvalue weighted by atomic mass is 16.5. The minimum Gasteiger partial charge on any atom is -0.377 e. The van der Waals surface area contributed by atoms with Crippen LogP contribution in [0.1, 0.15) is 20.3 Å². The highest BCUT2D eigenvalue weighted by Gasteiger charge is 2.35. The van der Waals surface area contributed by atoms with E-state index in [4.69, 9.17) is 16.2 Å². The maximum Gasteiger partial charge on any atom is 0.245 e. The summed E-state index contributed by atoms with van der Waals surface area (Å²) in [6.07, 6.45) is -0.241. The summed E-state index contributed by atoms with van der Waals surface area (Å²) in [5.74, 6) is -1.40. The summed E-state index contributed by atoms with van der Waals surface area (Å²) in [5.41, 5.74) is 10.7. The van der Waals surface area contributed by atoms with Crippen LogP contribution in [-0.4, -0.2) is 60.5 Å². The normalized spacial score (nSPS) is 20.6. The third-order valence-corrected chi connectivity index (χ3v) is 2.88. The zero-order chi connectivity index (χ0) is 15.3. The molecule has 0 saturated carbocycles. The molecule has 0 spiro atoms. The van der Waals surface area contributed by atoms with E-state index in [-0.39, 0.29) is 31.5 Å². The second kappa shape index (κ2) is 7.20. The van der Waals surface area contributed by atoms with Gasteiger partial charge in [0, 0.05) is 12.6 Å². The van der Waals surface area contributed by atoms with Crippen LogP contribution in [0.3, 0.4) is 0 Å². The summed E-state index contributed by atoms with van der Waals surface area (Å²) in [6, 6.07) is -1.79. The summed E-state index contributed by atoms with van der Waals surface area (Å²) >= 11 is 0. The summed E-state index contributed by atoms with van der Waals surface area (Å²) in [6.45, 7) is 4.37. The molecule has 0 radical (unpaired) electrons. The molecule has 114 valence electrons. The molecule has 0 aromatic heterocycles. The first-order chi connectivity index (χ1) is 9.32. The van der Waals surface area contributed by atoms with Gasteiger partial charge in [0.1, 0.15) is 6.04 Å². The van der Waals surface area contributed by atoms with Gasteiger partial charge in [-0.3, -0.25) is 14.4 Å². The molecule has 3 amide bonds. The van der Waals surface area contributed by atoms with E-state index >= 15 is 0 Å². The Morgan fingerprint density at radius 3 is 2.60 bits per heavy atom. The number of hydrogen-bond donors (Lipinski definition) is 3. The highest BCUT2D eigenvalue weighted by Crippen LogP contribution is 2.10. The monoisotopic (exact) mass is 286 g/mol. The standard InChI is InChI=1S/C12H22N4O4/c1-7(2)15-11(18)9-6-20-4-3-16(9)12(19)8(13)5-10(14)17/h7-9H,3-6,13H2,1-2H3,(H2,14,17)(H,15,18). The number of hydrogen-bond acceptors (Lipinski definition) is 5. The van der Waals surface area contributed by atoms with Crippen LogP contribution >= 0.6 is 0 Å². The fourth-order valence-electron chi connectivity index (χ4n) is 1.98. The van der Waals surface area contributed by atoms with E-state index in [0.717, 1.165) is 0 Å². The third kappa shape index (κ3) is 4.46. The lowest BCUT2D eigenvalue weighted by molar-refractivity contribution is -0.150. The van der Waals surface area contributed by atoms with Crippen LogP contribution in [0.4, 0.5) is 0 Å². The Labute approximate surface area is 117 Å². The van der Waals surface area contributed by atoms with Crippen molar-refractivity contribution in [2.24, 2.45) is 11.5 Å². The Morgan fingerprint density at radius 1 is 1.40 bits per heavy atom. The quantitative estimate of drug-likeness (QED) is 0.535. The van der Waals surface area contributed by atoms with Gasteiger partial charge >= 0.3 is 0 Å². The molecule has 0 aromatic carbocycles. The lowest BCUT2D eigenvalue weighted by Gasteiger charge is -2.36. The molecule has 1 fully saturated rings. The molecule has 8 heteroatoms. The number of morpholine rings is 1. The second-order valence-electron chi connectivity index (χ2n) is 5.06. The van der Waals surface area contributed by atoms with Crippen LogP contribution in [0.25, 0.3) is 0 Å². The molecule has 1 aliphatic heterocycles. The zero-order valence-corrected chi connectivity index (χ0v) is 11.8. The van der Waals surface area contributed by atoms with E-state index < -0.39 is 23.9 Å². The Hall–Kier alpha value is -1.67. The topological polar surface area (TPSA) is 128 Å². The fourth-order valence-corrected chi connectivity index (χ4v) is 1.98. The Balaban J connectivity index is 2.75.